The Balaban J connectivity index is 2.90. The molecule has 0 aliphatic rings. The van der Waals surface area contributed by atoms with E-state index in [0.29, 0.717) is 17.8 Å². The van der Waals surface area contributed by atoms with Crippen LogP contribution in [0.2, 0.25) is 0 Å². The van der Waals surface area contributed by atoms with Crippen LogP contribution in [0.1, 0.15) is 12.0 Å². The molecule has 1 rings (SSSR count). The zero-order valence-electron chi connectivity index (χ0n) is 7.07. The molecule has 0 radical (unpaired) electrons. The Morgan fingerprint density at radius 1 is 1.46 bits per heavy atom. The fraction of sp³-hybridized carbons (Fsp3) is 0.111. The number of aromatic nitrogens is 1. The third kappa shape index (κ3) is 2.20. The molecule has 1 aromatic rings. The Hall–Kier alpha value is -2.02. The molecule has 1 heterocycles. The number of hydrogen-bond donors (Lipinski definition) is 2. The number of nitrogen functional groups attached to an aromatic ring is 2. The molecule has 0 saturated heterocycles. The zero-order valence-corrected chi connectivity index (χ0v) is 7.07. The van der Waals surface area contributed by atoms with Crippen LogP contribution in [0.3, 0.4) is 0 Å². The lowest BCUT2D eigenvalue weighted by Gasteiger charge is -2.01. The Kier molecular flexibility index (Phi) is 2.87. The summed E-state index contributed by atoms with van der Waals surface area (Å²) in [7, 11) is 0. The van der Waals surface area contributed by atoms with E-state index in [4.69, 9.17) is 16.7 Å². The molecule has 0 unspecified atom stereocenters. The van der Waals surface area contributed by atoms with Crippen molar-refractivity contribution in [3.05, 3.63) is 24.0 Å². The van der Waals surface area contributed by atoms with Crippen LogP contribution in [-0.4, -0.2) is 4.98 Å². The highest BCUT2D eigenvalue weighted by Gasteiger charge is 1.98. The van der Waals surface area contributed by atoms with Gasteiger partial charge in [-0.25, -0.2) is 0 Å². The van der Waals surface area contributed by atoms with Gasteiger partial charge >= 0.3 is 0 Å². The van der Waals surface area contributed by atoms with Crippen molar-refractivity contribution in [1.29, 1.82) is 5.26 Å². The SMILES string of the molecule is N#CCC=Cc1cncc(N)c1N. The molecule has 0 aromatic carbocycles. The van der Waals surface area contributed by atoms with E-state index in [1.807, 2.05) is 6.07 Å². The fourth-order valence-corrected chi connectivity index (χ4v) is 0.875. The minimum Gasteiger partial charge on any atom is -0.396 e. The number of nitrogens with zero attached hydrogens (tertiary/aromatic N) is 2. The van der Waals surface area contributed by atoms with E-state index >= 15 is 0 Å². The number of pyridine rings is 1. The van der Waals surface area contributed by atoms with Crippen LogP contribution in [0.5, 0.6) is 0 Å². The van der Waals surface area contributed by atoms with Gasteiger partial charge in [0.25, 0.3) is 0 Å². The summed E-state index contributed by atoms with van der Waals surface area (Å²) in [6, 6.07) is 1.99. The van der Waals surface area contributed by atoms with Gasteiger partial charge in [0.2, 0.25) is 0 Å². The van der Waals surface area contributed by atoms with E-state index in [1.54, 1.807) is 18.3 Å². The average Bonchev–Trinajstić information content (AvgIpc) is 2.13. The molecule has 1 aromatic heterocycles. The van der Waals surface area contributed by atoms with Gasteiger partial charge in [-0.05, 0) is 0 Å². The maximum absolute atomic E-state index is 8.30. The maximum Gasteiger partial charge on any atom is 0.0740 e. The first kappa shape index (κ1) is 9.07. The van der Waals surface area contributed by atoms with Crippen LogP contribution >= 0.6 is 0 Å². The van der Waals surface area contributed by atoms with Gasteiger partial charge in [-0.2, -0.15) is 5.26 Å². The number of hydrogen-bond acceptors (Lipinski definition) is 4. The number of nitriles is 1. The van der Waals surface area contributed by atoms with Gasteiger partial charge in [0, 0.05) is 11.8 Å². The molecule has 0 atom stereocenters. The number of nitrogens with two attached hydrogens (primary N) is 2. The van der Waals surface area contributed by atoms with Crippen molar-refractivity contribution >= 4 is 17.5 Å². The summed E-state index contributed by atoms with van der Waals surface area (Å²) >= 11 is 0. The van der Waals surface area contributed by atoms with E-state index in [9.17, 15) is 0 Å². The first-order chi connectivity index (χ1) is 6.25. The third-order valence-corrected chi connectivity index (χ3v) is 1.56. The predicted molar refractivity (Wildman–Crippen MR) is 52.3 cm³/mol. The highest BCUT2D eigenvalue weighted by molar-refractivity contribution is 5.74. The van der Waals surface area contributed by atoms with Crippen LogP contribution < -0.4 is 11.5 Å². The summed E-state index contributed by atoms with van der Waals surface area (Å²) in [6.07, 6.45) is 6.92. The average molecular weight is 174 g/mol. The Bertz CT molecular complexity index is 362. The van der Waals surface area contributed by atoms with Gasteiger partial charge in [0.05, 0.1) is 30.1 Å². The molecular formula is C9H10N4. The smallest absolute Gasteiger partial charge is 0.0740 e. The molecule has 4 N–H and O–H groups in total. The molecule has 0 aliphatic carbocycles. The van der Waals surface area contributed by atoms with Crippen LogP contribution in [0, 0.1) is 11.3 Å². The molecule has 0 spiro atoms. The number of allylic oxidation sites excluding steroid dienone is 1. The molecule has 0 saturated carbocycles. The van der Waals surface area contributed by atoms with Crippen molar-refractivity contribution in [2.45, 2.75) is 6.42 Å². The molecular weight excluding hydrogens is 164 g/mol. The molecule has 4 nitrogen and oxygen atoms in total. The minimum atomic E-state index is 0.355. The van der Waals surface area contributed by atoms with Crippen molar-refractivity contribution in [2.24, 2.45) is 0 Å². The number of rotatable bonds is 2. The second kappa shape index (κ2) is 4.12. The lowest BCUT2D eigenvalue weighted by atomic mass is 10.2. The molecule has 0 bridgehead atoms. The van der Waals surface area contributed by atoms with Crippen LogP contribution in [0.4, 0.5) is 11.4 Å². The van der Waals surface area contributed by atoms with E-state index in [2.05, 4.69) is 4.98 Å². The van der Waals surface area contributed by atoms with Crippen molar-refractivity contribution in [3.63, 3.8) is 0 Å². The molecule has 13 heavy (non-hydrogen) atoms. The van der Waals surface area contributed by atoms with Crippen LogP contribution in [0.15, 0.2) is 18.5 Å². The van der Waals surface area contributed by atoms with Gasteiger partial charge in [-0.1, -0.05) is 12.2 Å². The lowest BCUT2D eigenvalue weighted by Crippen LogP contribution is -1.97. The summed E-state index contributed by atoms with van der Waals surface area (Å²) in [5.41, 5.74) is 12.9. The molecule has 0 amide bonds. The Morgan fingerprint density at radius 2 is 2.23 bits per heavy atom. The van der Waals surface area contributed by atoms with Gasteiger partial charge in [0.15, 0.2) is 0 Å². The molecule has 0 aliphatic heterocycles. The number of anilines is 2. The second-order valence-corrected chi connectivity index (χ2v) is 2.50. The second-order valence-electron chi connectivity index (χ2n) is 2.50. The summed E-state index contributed by atoms with van der Waals surface area (Å²) in [6.45, 7) is 0. The zero-order chi connectivity index (χ0) is 9.68. The van der Waals surface area contributed by atoms with Gasteiger partial charge in [-0.15, -0.1) is 0 Å². The first-order valence-electron chi connectivity index (χ1n) is 3.78. The standard InChI is InChI=1S/C9H10N4/c10-4-2-1-3-7-5-13-6-8(11)9(7)12/h1,3,5-6H,2,11H2,(H2,12,13). The fourth-order valence-electron chi connectivity index (χ4n) is 0.875. The largest absolute Gasteiger partial charge is 0.396 e. The Morgan fingerprint density at radius 3 is 2.92 bits per heavy atom. The Labute approximate surface area is 76.5 Å². The highest BCUT2D eigenvalue weighted by Crippen LogP contribution is 2.18. The molecule has 0 fully saturated rings. The van der Waals surface area contributed by atoms with Crippen molar-refractivity contribution < 1.29 is 0 Å². The van der Waals surface area contributed by atoms with Gasteiger partial charge in [0.1, 0.15) is 0 Å². The lowest BCUT2D eigenvalue weighted by molar-refractivity contribution is 1.32. The van der Waals surface area contributed by atoms with E-state index in [-0.39, 0.29) is 0 Å². The van der Waals surface area contributed by atoms with Crippen molar-refractivity contribution in [1.82, 2.24) is 4.98 Å². The summed E-state index contributed by atoms with van der Waals surface area (Å²) in [5, 5.41) is 8.30. The van der Waals surface area contributed by atoms with Gasteiger partial charge in [-0.3, -0.25) is 4.98 Å². The van der Waals surface area contributed by atoms with Crippen LogP contribution in [-0.2, 0) is 0 Å². The van der Waals surface area contributed by atoms with Crippen molar-refractivity contribution in [2.75, 3.05) is 11.5 Å². The van der Waals surface area contributed by atoms with Gasteiger partial charge < -0.3 is 11.5 Å². The summed E-state index contributed by atoms with van der Waals surface area (Å²) in [4.78, 5) is 3.88. The highest BCUT2D eigenvalue weighted by atomic mass is 14.7. The quantitative estimate of drug-likeness (QED) is 0.704. The predicted octanol–water partition coefficient (Wildman–Crippen LogP) is 1.17. The summed E-state index contributed by atoms with van der Waals surface area (Å²) in [5.74, 6) is 0. The van der Waals surface area contributed by atoms with Crippen LogP contribution in [0.25, 0.3) is 6.08 Å². The summed E-state index contributed by atoms with van der Waals surface area (Å²) < 4.78 is 0. The minimum absolute atomic E-state index is 0.355. The monoisotopic (exact) mass is 174 g/mol. The molecule has 66 valence electrons. The van der Waals surface area contributed by atoms with Crippen molar-refractivity contribution in [3.8, 4) is 6.07 Å². The first-order valence-corrected chi connectivity index (χ1v) is 3.78. The topological polar surface area (TPSA) is 88.7 Å². The third-order valence-electron chi connectivity index (χ3n) is 1.56. The molecule has 4 heteroatoms. The van der Waals surface area contributed by atoms with E-state index in [1.165, 1.54) is 6.20 Å². The van der Waals surface area contributed by atoms with E-state index in [0.717, 1.165) is 5.56 Å². The normalized spacial score (nSPS) is 10.1. The maximum atomic E-state index is 8.30. The van der Waals surface area contributed by atoms with E-state index < -0.39 is 0 Å².